The van der Waals surface area contributed by atoms with Gasteiger partial charge in [0.2, 0.25) is 5.91 Å². The lowest BCUT2D eigenvalue weighted by Gasteiger charge is -2.21. The van der Waals surface area contributed by atoms with E-state index in [1.807, 2.05) is 0 Å². The number of rotatable bonds is 6. The van der Waals surface area contributed by atoms with Crippen LogP contribution in [0.1, 0.15) is 32.1 Å². The monoisotopic (exact) mass is 215 g/mol. The lowest BCUT2D eigenvalue weighted by Crippen LogP contribution is -2.31. The highest BCUT2D eigenvalue weighted by atomic mass is 16.5. The Morgan fingerprint density at radius 2 is 2.40 bits per heavy atom. The maximum absolute atomic E-state index is 11.4. The molecule has 0 aromatic rings. The molecule has 1 N–H and O–H groups in total. The molecular weight excluding hydrogens is 194 g/mol. The van der Waals surface area contributed by atoms with Crippen LogP contribution in [0.15, 0.2) is 0 Å². The third-order valence-corrected chi connectivity index (χ3v) is 2.53. The van der Waals surface area contributed by atoms with Crippen molar-refractivity contribution < 1.29 is 14.3 Å². The normalized spacial score (nSPS) is 21.3. The first kappa shape index (κ1) is 12.5. The molecule has 0 spiro atoms. The van der Waals surface area contributed by atoms with Crippen molar-refractivity contribution in [1.29, 1.82) is 0 Å². The second kappa shape index (κ2) is 7.65. The molecule has 1 amide bonds. The summed E-state index contributed by atoms with van der Waals surface area (Å²) in [6, 6.07) is 0. The molecule has 0 aromatic heterocycles. The minimum absolute atomic E-state index is 0.0954. The highest BCUT2D eigenvalue weighted by Crippen LogP contribution is 2.15. The summed E-state index contributed by atoms with van der Waals surface area (Å²) in [5.74, 6) is 0.0954. The van der Waals surface area contributed by atoms with E-state index < -0.39 is 0 Å². The van der Waals surface area contributed by atoms with E-state index >= 15 is 0 Å². The Morgan fingerprint density at radius 1 is 1.53 bits per heavy atom. The Kier molecular flexibility index (Phi) is 6.36. The first-order valence-corrected chi connectivity index (χ1v) is 5.70. The van der Waals surface area contributed by atoms with E-state index in [2.05, 4.69) is 5.32 Å². The molecule has 0 bridgehead atoms. The van der Waals surface area contributed by atoms with Crippen LogP contribution in [-0.2, 0) is 14.3 Å². The van der Waals surface area contributed by atoms with E-state index in [1.165, 1.54) is 6.42 Å². The van der Waals surface area contributed by atoms with Gasteiger partial charge in [-0.05, 0) is 25.7 Å². The smallest absolute Gasteiger partial charge is 0.222 e. The number of methoxy groups -OCH3 is 1. The van der Waals surface area contributed by atoms with Gasteiger partial charge in [-0.15, -0.1) is 0 Å². The molecule has 1 aliphatic heterocycles. The van der Waals surface area contributed by atoms with E-state index in [0.29, 0.717) is 19.6 Å². The first-order chi connectivity index (χ1) is 7.33. The maximum Gasteiger partial charge on any atom is 0.222 e. The van der Waals surface area contributed by atoms with Crippen LogP contribution in [0.3, 0.4) is 0 Å². The maximum atomic E-state index is 11.4. The number of carbonyl (C=O) groups is 1. The van der Waals surface area contributed by atoms with Gasteiger partial charge in [-0.3, -0.25) is 4.79 Å². The Morgan fingerprint density at radius 3 is 3.07 bits per heavy atom. The van der Waals surface area contributed by atoms with Gasteiger partial charge in [0.1, 0.15) is 0 Å². The fourth-order valence-corrected chi connectivity index (χ4v) is 1.69. The summed E-state index contributed by atoms with van der Waals surface area (Å²) >= 11 is 0. The fourth-order valence-electron chi connectivity index (χ4n) is 1.69. The molecule has 0 radical (unpaired) electrons. The second-order valence-corrected chi connectivity index (χ2v) is 3.89. The van der Waals surface area contributed by atoms with Crippen molar-refractivity contribution >= 4 is 5.91 Å². The highest BCUT2D eigenvalue weighted by Gasteiger charge is 2.16. The van der Waals surface area contributed by atoms with Crippen LogP contribution in [0.4, 0.5) is 0 Å². The van der Waals surface area contributed by atoms with Gasteiger partial charge in [0.15, 0.2) is 0 Å². The summed E-state index contributed by atoms with van der Waals surface area (Å²) in [5.41, 5.74) is 0. The Bertz CT molecular complexity index is 179. The molecule has 0 aliphatic carbocycles. The predicted molar refractivity (Wildman–Crippen MR) is 57.7 cm³/mol. The Labute approximate surface area is 91.3 Å². The molecule has 0 saturated carbocycles. The van der Waals surface area contributed by atoms with E-state index in [1.54, 1.807) is 7.11 Å². The lowest BCUT2D eigenvalue weighted by atomic mass is 10.1. The van der Waals surface area contributed by atoms with Crippen molar-refractivity contribution in [2.24, 2.45) is 0 Å². The number of carbonyl (C=O) groups excluding carboxylic acids is 1. The van der Waals surface area contributed by atoms with Gasteiger partial charge in [-0.1, -0.05) is 0 Å². The molecule has 88 valence electrons. The molecule has 4 heteroatoms. The molecule has 1 rings (SSSR count). The van der Waals surface area contributed by atoms with E-state index in [9.17, 15) is 4.79 Å². The molecular formula is C11H21NO3. The van der Waals surface area contributed by atoms with Crippen LogP contribution >= 0.6 is 0 Å². The van der Waals surface area contributed by atoms with Gasteiger partial charge in [0.25, 0.3) is 0 Å². The Hall–Kier alpha value is -0.610. The average Bonchev–Trinajstić information content (AvgIpc) is 2.26. The van der Waals surface area contributed by atoms with Crippen molar-refractivity contribution in [2.75, 3.05) is 26.9 Å². The summed E-state index contributed by atoms with van der Waals surface area (Å²) in [6.07, 6.45) is 4.85. The molecule has 15 heavy (non-hydrogen) atoms. The third-order valence-electron chi connectivity index (χ3n) is 2.53. The minimum Gasteiger partial charge on any atom is -0.385 e. The van der Waals surface area contributed by atoms with Crippen LogP contribution < -0.4 is 5.32 Å². The van der Waals surface area contributed by atoms with Crippen molar-refractivity contribution in [3.8, 4) is 0 Å². The predicted octanol–water partition coefficient (Wildman–Crippen LogP) is 1.10. The molecule has 1 unspecified atom stereocenters. The van der Waals surface area contributed by atoms with Crippen LogP contribution in [0, 0.1) is 0 Å². The summed E-state index contributed by atoms with van der Waals surface area (Å²) in [7, 11) is 1.66. The molecule has 0 aromatic carbocycles. The molecule has 1 atom stereocenters. The largest absolute Gasteiger partial charge is 0.385 e. The molecule has 1 heterocycles. The topological polar surface area (TPSA) is 47.6 Å². The summed E-state index contributed by atoms with van der Waals surface area (Å²) in [6.45, 7) is 2.20. The van der Waals surface area contributed by atoms with Gasteiger partial charge < -0.3 is 14.8 Å². The highest BCUT2D eigenvalue weighted by molar-refractivity contribution is 5.76. The fraction of sp³-hybridized carbons (Fsp3) is 0.909. The van der Waals surface area contributed by atoms with Crippen LogP contribution in [0.5, 0.6) is 0 Å². The summed E-state index contributed by atoms with van der Waals surface area (Å²) < 4.78 is 10.4. The third kappa shape index (κ3) is 5.74. The van der Waals surface area contributed by atoms with Crippen LogP contribution in [0.25, 0.3) is 0 Å². The zero-order chi connectivity index (χ0) is 10.9. The number of amides is 1. The first-order valence-electron chi connectivity index (χ1n) is 5.70. The zero-order valence-electron chi connectivity index (χ0n) is 9.46. The number of hydrogen-bond donors (Lipinski definition) is 1. The van der Waals surface area contributed by atoms with Crippen LogP contribution in [-0.4, -0.2) is 38.9 Å². The summed E-state index contributed by atoms with van der Waals surface area (Å²) in [5, 5.41) is 2.87. The van der Waals surface area contributed by atoms with Gasteiger partial charge in [-0.25, -0.2) is 0 Å². The van der Waals surface area contributed by atoms with Crippen molar-refractivity contribution in [2.45, 2.75) is 38.2 Å². The molecule has 1 aliphatic rings. The van der Waals surface area contributed by atoms with Gasteiger partial charge >= 0.3 is 0 Å². The van der Waals surface area contributed by atoms with E-state index in [4.69, 9.17) is 9.47 Å². The van der Waals surface area contributed by atoms with E-state index in [0.717, 1.165) is 25.9 Å². The number of ether oxygens (including phenoxy) is 2. The molecule has 1 fully saturated rings. The average molecular weight is 215 g/mol. The van der Waals surface area contributed by atoms with Crippen molar-refractivity contribution in [3.05, 3.63) is 0 Å². The standard InChI is InChI=1S/C11H21NO3/c1-14-7-4-6-12-11(13)9-10-5-2-3-8-15-10/h10H,2-9H2,1H3,(H,12,13). The van der Waals surface area contributed by atoms with Gasteiger partial charge in [0, 0.05) is 26.9 Å². The number of nitrogens with one attached hydrogen (secondary N) is 1. The van der Waals surface area contributed by atoms with Crippen molar-refractivity contribution in [3.63, 3.8) is 0 Å². The molecule has 1 saturated heterocycles. The summed E-state index contributed by atoms with van der Waals surface area (Å²) in [4.78, 5) is 11.4. The Balaban J connectivity index is 2.01. The lowest BCUT2D eigenvalue weighted by molar-refractivity contribution is -0.124. The SMILES string of the molecule is COCCCNC(=O)CC1CCCCO1. The van der Waals surface area contributed by atoms with E-state index in [-0.39, 0.29) is 12.0 Å². The quantitative estimate of drug-likeness (QED) is 0.675. The number of hydrogen-bond acceptors (Lipinski definition) is 3. The minimum atomic E-state index is 0.0954. The van der Waals surface area contributed by atoms with Gasteiger partial charge in [-0.2, -0.15) is 0 Å². The zero-order valence-corrected chi connectivity index (χ0v) is 9.46. The van der Waals surface area contributed by atoms with Crippen LogP contribution in [0.2, 0.25) is 0 Å². The second-order valence-electron chi connectivity index (χ2n) is 3.89. The van der Waals surface area contributed by atoms with Crippen molar-refractivity contribution in [1.82, 2.24) is 5.32 Å². The molecule has 4 nitrogen and oxygen atoms in total. The van der Waals surface area contributed by atoms with Gasteiger partial charge in [0.05, 0.1) is 12.5 Å².